The van der Waals surface area contributed by atoms with E-state index in [9.17, 15) is 9.59 Å². The van der Waals surface area contributed by atoms with Crippen LogP contribution in [0.3, 0.4) is 0 Å². The summed E-state index contributed by atoms with van der Waals surface area (Å²) in [5.74, 6) is -0.0122. The summed E-state index contributed by atoms with van der Waals surface area (Å²) >= 11 is 11.9. The number of carbonyl (C=O) groups excluding carboxylic acids is 2. The molecule has 2 aromatic rings. The van der Waals surface area contributed by atoms with E-state index in [0.717, 1.165) is 11.1 Å². The second kappa shape index (κ2) is 6.90. The van der Waals surface area contributed by atoms with Gasteiger partial charge in [0.2, 0.25) is 0 Å². The number of halogens is 2. The molecule has 0 saturated heterocycles. The highest BCUT2D eigenvalue weighted by atomic mass is 35.5. The normalized spacial score (nSPS) is 22.8. The molecule has 0 radical (unpaired) electrons. The summed E-state index contributed by atoms with van der Waals surface area (Å²) in [4.78, 5) is 25.1. The summed E-state index contributed by atoms with van der Waals surface area (Å²) < 4.78 is 5.48. The lowest BCUT2D eigenvalue weighted by atomic mass is 9.75. The van der Waals surface area contributed by atoms with Gasteiger partial charge in [-0.2, -0.15) is 0 Å². The fourth-order valence-electron chi connectivity index (χ4n) is 3.78. The lowest BCUT2D eigenvalue weighted by molar-refractivity contribution is -0.142. The first-order valence-corrected chi connectivity index (χ1v) is 9.24. The molecule has 1 heterocycles. The predicted molar refractivity (Wildman–Crippen MR) is 100 cm³/mol. The number of ether oxygens (including phenoxy) is 1. The number of benzene rings is 2. The molecule has 0 saturated carbocycles. The maximum atomic E-state index is 12.9. The van der Waals surface area contributed by atoms with Crippen molar-refractivity contribution >= 4 is 35.0 Å². The molecule has 0 spiro atoms. The first-order valence-electron chi connectivity index (χ1n) is 8.49. The Kier molecular flexibility index (Phi) is 4.60. The third kappa shape index (κ3) is 3.29. The third-order valence-corrected chi connectivity index (χ3v) is 5.54. The molecule has 0 N–H and O–H groups in total. The Balaban J connectivity index is 1.70. The molecule has 0 amide bonds. The van der Waals surface area contributed by atoms with Crippen LogP contribution in [0, 0.1) is 0 Å². The van der Waals surface area contributed by atoms with E-state index in [1.807, 2.05) is 36.4 Å². The van der Waals surface area contributed by atoms with Gasteiger partial charge in [0.05, 0.1) is 6.42 Å². The zero-order valence-electron chi connectivity index (χ0n) is 13.9. The van der Waals surface area contributed by atoms with Crippen LogP contribution in [0.1, 0.15) is 42.2 Å². The minimum Gasteiger partial charge on any atom is -0.431 e. The fourth-order valence-corrected chi connectivity index (χ4v) is 4.03. The summed E-state index contributed by atoms with van der Waals surface area (Å²) in [5, 5.41) is 1.28. The van der Waals surface area contributed by atoms with Crippen molar-refractivity contribution in [1.82, 2.24) is 0 Å². The van der Waals surface area contributed by atoms with Crippen molar-refractivity contribution in [3.63, 3.8) is 0 Å². The monoisotopic (exact) mass is 386 g/mol. The number of esters is 1. The van der Waals surface area contributed by atoms with Gasteiger partial charge in [0.15, 0.2) is 5.78 Å². The average Bonchev–Trinajstić information content (AvgIpc) is 2.62. The second-order valence-electron chi connectivity index (χ2n) is 6.70. The Morgan fingerprint density at radius 2 is 1.35 bits per heavy atom. The van der Waals surface area contributed by atoms with E-state index in [4.69, 9.17) is 27.9 Å². The van der Waals surface area contributed by atoms with Gasteiger partial charge in [-0.3, -0.25) is 9.59 Å². The van der Waals surface area contributed by atoms with E-state index in [2.05, 4.69) is 0 Å². The summed E-state index contributed by atoms with van der Waals surface area (Å²) in [6.07, 6.45) is 1.12. The number of allylic oxidation sites excluding steroid dienone is 2. The van der Waals surface area contributed by atoms with Gasteiger partial charge in [0.1, 0.15) is 5.76 Å². The SMILES string of the molecule is O=C1C[C@@H](c2ccc(Cl)cc2)C2=C(C[C@@H](c3ccc(Cl)cc3)CC2=O)O1. The molecule has 3 nitrogen and oxygen atoms in total. The molecule has 0 unspecified atom stereocenters. The van der Waals surface area contributed by atoms with Gasteiger partial charge < -0.3 is 4.74 Å². The molecule has 2 aliphatic rings. The molecular weight excluding hydrogens is 371 g/mol. The molecule has 5 heteroatoms. The van der Waals surface area contributed by atoms with Crippen molar-refractivity contribution < 1.29 is 14.3 Å². The van der Waals surface area contributed by atoms with E-state index >= 15 is 0 Å². The van der Waals surface area contributed by atoms with Gasteiger partial charge >= 0.3 is 5.97 Å². The van der Waals surface area contributed by atoms with Gasteiger partial charge in [-0.25, -0.2) is 0 Å². The molecule has 132 valence electrons. The van der Waals surface area contributed by atoms with Crippen LogP contribution in [0.5, 0.6) is 0 Å². The maximum absolute atomic E-state index is 12.9. The van der Waals surface area contributed by atoms with Crippen LogP contribution in [0.25, 0.3) is 0 Å². The minimum atomic E-state index is -0.298. The molecule has 2 aromatic carbocycles. The number of hydrogen-bond acceptors (Lipinski definition) is 3. The van der Waals surface area contributed by atoms with Crippen LogP contribution in [-0.2, 0) is 14.3 Å². The van der Waals surface area contributed by atoms with E-state index in [1.165, 1.54) is 0 Å². The van der Waals surface area contributed by atoms with Crippen molar-refractivity contribution in [2.75, 3.05) is 0 Å². The first-order chi connectivity index (χ1) is 12.5. The number of Topliss-reactive ketones (excluding diaryl/α,β-unsaturated/α-hetero) is 1. The average molecular weight is 387 g/mol. The van der Waals surface area contributed by atoms with Crippen LogP contribution in [0.2, 0.25) is 10.0 Å². The molecule has 4 rings (SSSR count). The van der Waals surface area contributed by atoms with Crippen molar-refractivity contribution in [3.8, 4) is 0 Å². The highest BCUT2D eigenvalue weighted by Crippen LogP contribution is 2.44. The number of rotatable bonds is 2. The topological polar surface area (TPSA) is 43.4 Å². The highest BCUT2D eigenvalue weighted by molar-refractivity contribution is 6.30. The summed E-state index contributed by atoms with van der Waals surface area (Å²) in [6, 6.07) is 14.8. The highest BCUT2D eigenvalue weighted by Gasteiger charge is 2.39. The zero-order valence-corrected chi connectivity index (χ0v) is 15.4. The molecule has 0 bridgehead atoms. The van der Waals surface area contributed by atoms with Crippen LogP contribution in [0.4, 0.5) is 0 Å². The summed E-state index contributed by atoms with van der Waals surface area (Å²) in [6.45, 7) is 0. The first kappa shape index (κ1) is 17.3. The Morgan fingerprint density at radius 3 is 1.96 bits per heavy atom. The van der Waals surface area contributed by atoms with E-state index in [0.29, 0.717) is 34.2 Å². The number of carbonyl (C=O) groups is 2. The third-order valence-electron chi connectivity index (χ3n) is 5.03. The smallest absolute Gasteiger partial charge is 0.311 e. The largest absolute Gasteiger partial charge is 0.431 e. The van der Waals surface area contributed by atoms with Gasteiger partial charge in [-0.05, 0) is 41.3 Å². The minimum absolute atomic E-state index is 0.00437. The van der Waals surface area contributed by atoms with Gasteiger partial charge in [0.25, 0.3) is 0 Å². The molecular formula is C21H16Cl2O3. The Bertz CT molecular complexity index is 898. The standard InChI is InChI=1S/C21H16Cl2O3/c22-15-5-1-12(2-6-15)14-9-18(24)21-17(11-20(25)26-19(21)10-14)13-3-7-16(23)8-4-13/h1-8,14,17H,9-11H2/t14-,17-/m0/s1. The quantitative estimate of drug-likeness (QED) is 0.646. The zero-order chi connectivity index (χ0) is 18.3. The molecule has 2 atom stereocenters. The molecule has 0 aromatic heterocycles. The van der Waals surface area contributed by atoms with E-state index in [-0.39, 0.29) is 30.0 Å². The number of ketones is 1. The summed E-state index contributed by atoms with van der Waals surface area (Å²) in [5.41, 5.74) is 2.58. The second-order valence-corrected chi connectivity index (χ2v) is 7.57. The molecule has 26 heavy (non-hydrogen) atoms. The van der Waals surface area contributed by atoms with E-state index in [1.54, 1.807) is 12.1 Å². The van der Waals surface area contributed by atoms with Crippen molar-refractivity contribution in [1.29, 1.82) is 0 Å². The van der Waals surface area contributed by atoms with Crippen LogP contribution >= 0.6 is 23.2 Å². The van der Waals surface area contributed by atoms with Gasteiger partial charge in [0, 0.05) is 34.4 Å². The maximum Gasteiger partial charge on any atom is 0.311 e. The fraction of sp³-hybridized carbons (Fsp3) is 0.238. The Hall–Kier alpha value is -2.10. The Labute approximate surface area is 161 Å². The van der Waals surface area contributed by atoms with Crippen LogP contribution in [0.15, 0.2) is 59.9 Å². The Morgan fingerprint density at radius 1 is 0.769 bits per heavy atom. The van der Waals surface area contributed by atoms with Crippen LogP contribution in [-0.4, -0.2) is 11.8 Å². The van der Waals surface area contributed by atoms with Crippen molar-refractivity contribution in [2.45, 2.75) is 31.1 Å². The molecule has 1 aliphatic heterocycles. The number of hydrogen-bond donors (Lipinski definition) is 0. The van der Waals surface area contributed by atoms with Crippen molar-refractivity contribution in [3.05, 3.63) is 81.0 Å². The van der Waals surface area contributed by atoms with Crippen LogP contribution < -0.4 is 0 Å². The van der Waals surface area contributed by atoms with Gasteiger partial charge in [-0.15, -0.1) is 0 Å². The van der Waals surface area contributed by atoms with Crippen molar-refractivity contribution in [2.24, 2.45) is 0 Å². The van der Waals surface area contributed by atoms with E-state index < -0.39 is 0 Å². The molecule has 1 aliphatic carbocycles. The predicted octanol–water partition coefficient (Wildman–Crippen LogP) is 5.42. The van der Waals surface area contributed by atoms with Gasteiger partial charge in [-0.1, -0.05) is 47.5 Å². The summed E-state index contributed by atoms with van der Waals surface area (Å²) in [7, 11) is 0. The molecule has 0 fully saturated rings. The lowest BCUT2D eigenvalue weighted by Crippen LogP contribution is -2.30. The lowest BCUT2D eigenvalue weighted by Gasteiger charge is -2.33.